The topological polar surface area (TPSA) is 78.1 Å². The Hall–Kier alpha value is -1.72. The van der Waals surface area contributed by atoms with Gasteiger partial charge in [-0.15, -0.1) is 0 Å². The average Bonchev–Trinajstić information content (AvgIpc) is 1.93. The highest BCUT2D eigenvalue weighted by Gasteiger charge is 2.00. The number of halogens is 1. The Bertz CT molecular complexity index is 261. The molecule has 0 saturated heterocycles. The zero-order chi connectivity index (χ0) is 8.27. The van der Waals surface area contributed by atoms with Crippen molar-refractivity contribution in [2.24, 2.45) is 5.73 Å². The summed E-state index contributed by atoms with van der Waals surface area (Å²) in [5.74, 6) is -0.609. The summed E-state index contributed by atoms with van der Waals surface area (Å²) in [7, 11) is 0. The molecule has 0 aliphatic carbocycles. The van der Waals surface area contributed by atoms with E-state index in [4.69, 9.17) is 0 Å². The van der Waals surface area contributed by atoms with Gasteiger partial charge in [0.2, 0.25) is 0 Å². The smallest absolute Gasteiger partial charge is 0.374 e. The number of nitrogens with zero attached hydrogens (tertiary/aromatic N) is 2. The minimum Gasteiger partial charge on any atom is -0.374 e. The van der Waals surface area contributed by atoms with Gasteiger partial charge in [-0.1, -0.05) is 0 Å². The van der Waals surface area contributed by atoms with E-state index >= 15 is 0 Å². The number of hydrogen-bond donors (Lipinski definition) is 1. The fourth-order valence-electron chi connectivity index (χ4n) is 0.443. The molecule has 5 nitrogen and oxygen atoms in total. The van der Waals surface area contributed by atoms with Crippen molar-refractivity contribution < 1.29 is 13.9 Å². The predicted octanol–water partition coefficient (Wildman–Crippen LogP) is 0.0732. The van der Waals surface area contributed by atoms with Crippen LogP contribution in [0, 0.1) is 5.82 Å². The molecule has 0 aromatic carbocycles. The van der Waals surface area contributed by atoms with E-state index in [2.05, 4.69) is 20.4 Å². The van der Waals surface area contributed by atoms with Crippen molar-refractivity contribution in [3.05, 3.63) is 18.2 Å². The van der Waals surface area contributed by atoms with E-state index in [1.165, 1.54) is 0 Å². The SMILES string of the molecule is NC(=O)Oc1ncc(F)cn1. The van der Waals surface area contributed by atoms with Crippen molar-refractivity contribution in [2.75, 3.05) is 0 Å². The van der Waals surface area contributed by atoms with Crippen LogP contribution in [-0.4, -0.2) is 16.1 Å². The summed E-state index contributed by atoms with van der Waals surface area (Å²) < 4.78 is 16.3. The molecule has 0 bridgehead atoms. The number of amides is 1. The van der Waals surface area contributed by atoms with Gasteiger partial charge in [0, 0.05) is 0 Å². The van der Waals surface area contributed by atoms with Crippen LogP contribution in [0.5, 0.6) is 6.01 Å². The highest BCUT2D eigenvalue weighted by molar-refractivity contribution is 5.66. The molecule has 6 heteroatoms. The van der Waals surface area contributed by atoms with Crippen LogP contribution >= 0.6 is 0 Å². The maximum atomic E-state index is 12.1. The second kappa shape index (κ2) is 2.91. The van der Waals surface area contributed by atoms with Gasteiger partial charge in [0.15, 0.2) is 5.82 Å². The zero-order valence-electron chi connectivity index (χ0n) is 5.32. The third-order valence-electron chi connectivity index (χ3n) is 0.789. The number of rotatable bonds is 1. The molecule has 11 heavy (non-hydrogen) atoms. The van der Waals surface area contributed by atoms with Crippen LogP contribution in [-0.2, 0) is 0 Å². The first kappa shape index (κ1) is 7.39. The lowest BCUT2D eigenvalue weighted by atomic mass is 10.6. The Labute approximate surface area is 61.0 Å². The van der Waals surface area contributed by atoms with Crippen LogP contribution in [0.15, 0.2) is 12.4 Å². The van der Waals surface area contributed by atoms with Gasteiger partial charge in [-0.05, 0) is 0 Å². The summed E-state index contributed by atoms with van der Waals surface area (Å²) >= 11 is 0. The van der Waals surface area contributed by atoms with Crippen LogP contribution in [0.4, 0.5) is 9.18 Å². The van der Waals surface area contributed by atoms with Gasteiger partial charge in [0.05, 0.1) is 12.4 Å². The lowest BCUT2D eigenvalue weighted by Crippen LogP contribution is -2.17. The largest absolute Gasteiger partial charge is 0.412 e. The van der Waals surface area contributed by atoms with Gasteiger partial charge in [0.25, 0.3) is 0 Å². The Balaban J connectivity index is 2.74. The Kier molecular flexibility index (Phi) is 1.95. The van der Waals surface area contributed by atoms with Gasteiger partial charge >= 0.3 is 12.1 Å². The number of aromatic nitrogens is 2. The number of hydrogen-bond acceptors (Lipinski definition) is 4. The molecule has 0 spiro atoms. The van der Waals surface area contributed by atoms with Crippen molar-refractivity contribution in [2.45, 2.75) is 0 Å². The number of carbonyl (C=O) groups is 1. The molecule has 1 rings (SSSR count). The molecule has 2 N–H and O–H groups in total. The molecule has 0 unspecified atom stereocenters. The average molecular weight is 157 g/mol. The maximum absolute atomic E-state index is 12.1. The highest BCUT2D eigenvalue weighted by atomic mass is 19.1. The molecule has 0 aliphatic heterocycles. The van der Waals surface area contributed by atoms with Crippen LogP contribution in [0.3, 0.4) is 0 Å². The van der Waals surface area contributed by atoms with Crippen molar-refractivity contribution in [1.82, 2.24) is 9.97 Å². The Morgan fingerprint density at radius 3 is 2.55 bits per heavy atom. The van der Waals surface area contributed by atoms with Gasteiger partial charge in [-0.2, -0.15) is 0 Å². The van der Waals surface area contributed by atoms with E-state index < -0.39 is 11.9 Å². The first-order valence-electron chi connectivity index (χ1n) is 2.63. The van der Waals surface area contributed by atoms with E-state index in [-0.39, 0.29) is 6.01 Å². The maximum Gasteiger partial charge on any atom is 0.412 e. The zero-order valence-corrected chi connectivity index (χ0v) is 5.32. The quantitative estimate of drug-likeness (QED) is 0.625. The lowest BCUT2D eigenvalue weighted by molar-refractivity contribution is 0.206. The molecule has 58 valence electrons. The predicted molar refractivity (Wildman–Crippen MR) is 32.2 cm³/mol. The van der Waals surface area contributed by atoms with Gasteiger partial charge in [-0.25, -0.2) is 19.2 Å². The molecule has 0 saturated carbocycles. The summed E-state index contributed by atoms with van der Waals surface area (Å²) in [5.41, 5.74) is 4.63. The van der Waals surface area contributed by atoms with E-state index in [0.29, 0.717) is 0 Å². The van der Waals surface area contributed by atoms with E-state index in [1.54, 1.807) is 0 Å². The van der Waals surface area contributed by atoms with Crippen LogP contribution in [0.2, 0.25) is 0 Å². The van der Waals surface area contributed by atoms with E-state index in [0.717, 1.165) is 12.4 Å². The molecular formula is C5H4FN3O2. The summed E-state index contributed by atoms with van der Waals surface area (Å²) in [6.45, 7) is 0. The number of nitrogens with two attached hydrogens (primary N) is 1. The summed E-state index contributed by atoms with van der Waals surface area (Å²) in [6, 6.07) is -0.265. The van der Waals surface area contributed by atoms with Crippen LogP contribution < -0.4 is 10.5 Å². The Morgan fingerprint density at radius 2 is 2.09 bits per heavy atom. The number of carbonyl (C=O) groups excluding carboxylic acids is 1. The third kappa shape index (κ3) is 2.17. The van der Waals surface area contributed by atoms with Crippen molar-refractivity contribution >= 4 is 6.09 Å². The third-order valence-corrected chi connectivity index (χ3v) is 0.789. The first-order chi connectivity index (χ1) is 5.18. The van der Waals surface area contributed by atoms with Crippen molar-refractivity contribution in [3.8, 4) is 6.01 Å². The number of ether oxygens (including phenoxy) is 1. The standard InChI is InChI=1S/C5H4FN3O2/c6-3-1-8-5(9-2-3)11-4(7)10/h1-2H,(H2,7,10). The molecule has 1 heterocycles. The normalized spacial score (nSPS) is 9.18. The van der Waals surface area contributed by atoms with Crippen LogP contribution in [0.25, 0.3) is 0 Å². The van der Waals surface area contributed by atoms with Crippen molar-refractivity contribution in [3.63, 3.8) is 0 Å². The summed E-state index contributed by atoms with van der Waals surface area (Å²) in [4.78, 5) is 16.7. The minimum absolute atomic E-state index is 0.265. The lowest BCUT2D eigenvalue weighted by Gasteiger charge is -1.95. The van der Waals surface area contributed by atoms with Crippen molar-refractivity contribution in [1.29, 1.82) is 0 Å². The van der Waals surface area contributed by atoms with E-state index in [1.807, 2.05) is 0 Å². The second-order valence-corrected chi connectivity index (χ2v) is 1.60. The number of primary amides is 1. The molecule has 1 aromatic rings. The first-order valence-corrected chi connectivity index (χ1v) is 2.63. The highest BCUT2D eigenvalue weighted by Crippen LogP contribution is 1.99. The molecule has 1 amide bonds. The summed E-state index contributed by atoms with van der Waals surface area (Å²) in [5, 5.41) is 0. The van der Waals surface area contributed by atoms with Gasteiger partial charge in [0.1, 0.15) is 0 Å². The van der Waals surface area contributed by atoms with Crippen LogP contribution in [0.1, 0.15) is 0 Å². The fourth-order valence-corrected chi connectivity index (χ4v) is 0.443. The molecule has 0 aliphatic rings. The van der Waals surface area contributed by atoms with Gasteiger partial charge < -0.3 is 10.5 Å². The molecular weight excluding hydrogens is 153 g/mol. The van der Waals surface area contributed by atoms with Gasteiger partial charge in [-0.3, -0.25) is 0 Å². The molecule has 0 atom stereocenters. The summed E-state index contributed by atoms with van der Waals surface area (Å²) in [6.07, 6.45) is 0.702. The monoisotopic (exact) mass is 157 g/mol. The Morgan fingerprint density at radius 1 is 1.55 bits per heavy atom. The van der Waals surface area contributed by atoms with E-state index in [9.17, 15) is 9.18 Å². The molecule has 1 aromatic heterocycles. The second-order valence-electron chi connectivity index (χ2n) is 1.60. The molecule has 0 fully saturated rings. The fraction of sp³-hybridized carbons (Fsp3) is 0. The minimum atomic E-state index is -1.03. The molecule has 0 radical (unpaired) electrons.